The average Bonchev–Trinajstić information content (AvgIpc) is 2.85. The highest BCUT2D eigenvalue weighted by atomic mass is 32.2. The second-order valence-electron chi connectivity index (χ2n) is 4.55. The monoisotopic (exact) mass is 295 g/mol. The fraction of sp³-hybridized carbons (Fsp3) is 0.308. The van der Waals surface area contributed by atoms with Crippen LogP contribution in [0.15, 0.2) is 47.6 Å². The van der Waals surface area contributed by atoms with Gasteiger partial charge >= 0.3 is 0 Å². The van der Waals surface area contributed by atoms with E-state index in [1.165, 1.54) is 17.1 Å². The SMILES string of the molecule is Cn1cc(S(=O)(=O)NC[C@@H](O)Cc2ccccc2)cn1. The number of hydrogen-bond acceptors (Lipinski definition) is 4. The van der Waals surface area contributed by atoms with Gasteiger partial charge in [0, 0.05) is 19.8 Å². The lowest BCUT2D eigenvalue weighted by molar-refractivity contribution is 0.179. The minimum atomic E-state index is -3.62. The fourth-order valence-corrected chi connectivity index (χ4v) is 2.84. The molecule has 2 aromatic rings. The standard InChI is InChI=1S/C13H17N3O3S/c1-16-10-13(9-14-16)20(18,19)15-8-12(17)7-11-5-3-2-4-6-11/h2-6,9-10,12,15,17H,7-8H2,1H3/t12-/m0/s1. The quantitative estimate of drug-likeness (QED) is 0.803. The maximum atomic E-state index is 11.9. The molecule has 0 aliphatic carbocycles. The fourth-order valence-electron chi connectivity index (χ4n) is 1.79. The van der Waals surface area contributed by atoms with Crippen molar-refractivity contribution >= 4 is 10.0 Å². The number of aryl methyl sites for hydroxylation is 1. The van der Waals surface area contributed by atoms with Crippen molar-refractivity contribution in [2.24, 2.45) is 7.05 Å². The van der Waals surface area contributed by atoms with E-state index in [-0.39, 0.29) is 11.4 Å². The number of hydrogen-bond donors (Lipinski definition) is 2. The van der Waals surface area contributed by atoms with Crippen LogP contribution < -0.4 is 4.72 Å². The maximum Gasteiger partial charge on any atom is 0.243 e. The Morgan fingerprint density at radius 1 is 1.35 bits per heavy atom. The van der Waals surface area contributed by atoms with Crippen LogP contribution in [0, 0.1) is 0 Å². The highest BCUT2D eigenvalue weighted by Crippen LogP contribution is 2.07. The topological polar surface area (TPSA) is 84.2 Å². The van der Waals surface area contributed by atoms with E-state index in [1.54, 1.807) is 7.05 Å². The first kappa shape index (κ1) is 14.7. The zero-order chi connectivity index (χ0) is 14.6. The van der Waals surface area contributed by atoms with E-state index < -0.39 is 16.1 Å². The zero-order valence-electron chi connectivity index (χ0n) is 11.1. The molecule has 0 aliphatic rings. The molecule has 0 saturated heterocycles. The Hall–Kier alpha value is -1.70. The van der Waals surface area contributed by atoms with Gasteiger partial charge in [0.1, 0.15) is 4.90 Å². The Bertz CT molecular complexity index is 653. The summed E-state index contributed by atoms with van der Waals surface area (Å²) < 4.78 is 27.6. The van der Waals surface area contributed by atoms with Gasteiger partial charge in [-0.3, -0.25) is 4.68 Å². The summed E-state index contributed by atoms with van der Waals surface area (Å²) in [5.74, 6) is 0. The molecule has 0 bridgehead atoms. The molecule has 7 heteroatoms. The molecule has 0 amide bonds. The number of benzene rings is 1. The Labute approximate surface area is 118 Å². The molecule has 1 heterocycles. The van der Waals surface area contributed by atoms with Crippen LogP contribution in [-0.2, 0) is 23.5 Å². The van der Waals surface area contributed by atoms with Gasteiger partial charge < -0.3 is 5.11 Å². The highest BCUT2D eigenvalue weighted by molar-refractivity contribution is 7.89. The van der Waals surface area contributed by atoms with E-state index in [4.69, 9.17) is 0 Å². The van der Waals surface area contributed by atoms with Crippen molar-refractivity contribution in [3.05, 3.63) is 48.3 Å². The number of rotatable bonds is 6. The summed E-state index contributed by atoms with van der Waals surface area (Å²) >= 11 is 0. The second kappa shape index (κ2) is 6.17. The van der Waals surface area contributed by atoms with Crippen LogP contribution in [-0.4, -0.2) is 36.0 Å². The molecule has 20 heavy (non-hydrogen) atoms. The van der Waals surface area contributed by atoms with Crippen LogP contribution in [0.5, 0.6) is 0 Å². The van der Waals surface area contributed by atoms with Crippen molar-refractivity contribution in [1.82, 2.24) is 14.5 Å². The van der Waals surface area contributed by atoms with Crippen LogP contribution in [0.2, 0.25) is 0 Å². The predicted octanol–water partition coefficient (Wildman–Crippen LogP) is 0.302. The van der Waals surface area contributed by atoms with Crippen LogP contribution in [0.4, 0.5) is 0 Å². The van der Waals surface area contributed by atoms with Gasteiger partial charge in [0.15, 0.2) is 0 Å². The third-order valence-corrected chi connectivity index (χ3v) is 4.19. The van der Waals surface area contributed by atoms with Crippen molar-refractivity contribution in [3.63, 3.8) is 0 Å². The molecule has 0 unspecified atom stereocenters. The summed E-state index contributed by atoms with van der Waals surface area (Å²) in [6.45, 7) is -0.0356. The number of sulfonamides is 1. The van der Waals surface area contributed by atoms with E-state index in [1.807, 2.05) is 30.3 Å². The van der Waals surface area contributed by atoms with Crippen molar-refractivity contribution < 1.29 is 13.5 Å². The molecular weight excluding hydrogens is 278 g/mol. The van der Waals surface area contributed by atoms with Gasteiger partial charge in [-0.25, -0.2) is 13.1 Å². The molecule has 2 N–H and O–H groups in total. The van der Waals surface area contributed by atoms with Crippen LogP contribution in [0.1, 0.15) is 5.56 Å². The Kier molecular flexibility index (Phi) is 4.53. The molecule has 0 radical (unpaired) electrons. The van der Waals surface area contributed by atoms with E-state index in [0.29, 0.717) is 6.42 Å². The normalized spacial score (nSPS) is 13.3. The molecule has 1 atom stereocenters. The van der Waals surface area contributed by atoms with E-state index in [2.05, 4.69) is 9.82 Å². The number of aromatic nitrogens is 2. The van der Waals surface area contributed by atoms with Crippen LogP contribution >= 0.6 is 0 Å². The summed E-state index contributed by atoms with van der Waals surface area (Å²) in [7, 11) is -1.98. The van der Waals surface area contributed by atoms with E-state index >= 15 is 0 Å². The van der Waals surface area contributed by atoms with E-state index in [9.17, 15) is 13.5 Å². The molecule has 6 nitrogen and oxygen atoms in total. The minimum Gasteiger partial charge on any atom is -0.391 e. The lowest BCUT2D eigenvalue weighted by Gasteiger charge is -2.11. The Morgan fingerprint density at radius 2 is 2.05 bits per heavy atom. The number of nitrogens with zero attached hydrogens (tertiary/aromatic N) is 2. The molecular formula is C13H17N3O3S. The molecule has 0 fully saturated rings. The first-order valence-corrected chi connectivity index (χ1v) is 7.66. The molecule has 2 rings (SSSR count). The molecule has 0 spiro atoms. The number of aliphatic hydroxyl groups is 1. The summed E-state index contributed by atoms with van der Waals surface area (Å²) in [5, 5.41) is 13.7. The average molecular weight is 295 g/mol. The van der Waals surface area contributed by atoms with Gasteiger partial charge in [0.05, 0.1) is 12.3 Å². The summed E-state index contributed by atoms with van der Waals surface area (Å²) in [6, 6.07) is 9.42. The maximum absolute atomic E-state index is 11.9. The number of aliphatic hydroxyl groups excluding tert-OH is 1. The summed E-state index contributed by atoms with van der Waals surface area (Å²) in [5.41, 5.74) is 0.959. The summed E-state index contributed by atoms with van der Waals surface area (Å²) in [6.07, 6.45) is 2.30. The van der Waals surface area contributed by atoms with Gasteiger partial charge in [-0.1, -0.05) is 30.3 Å². The lowest BCUT2D eigenvalue weighted by Crippen LogP contribution is -2.33. The van der Waals surface area contributed by atoms with Crippen molar-refractivity contribution in [1.29, 1.82) is 0 Å². The third-order valence-electron chi connectivity index (χ3n) is 2.81. The molecule has 108 valence electrons. The first-order chi connectivity index (χ1) is 9.47. The number of nitrogens with one attached hydrogen (secondary N) is 1. The zero-order valence-corrected chi connectivity index (χ0v) is 11.9. The van der Waals surface area contributed by atoms with Gasteiger partial charge in [-0.15, -0.1) is 0 Å². The first-order valence-electron chi connectivity index (χ1n) is 6.18. The Balaban J connectivity index is 1.91. The molecule has 0 aliphatic heterocycles. The highest BCUT2D eigenvalue weighted by Gasteiger charge is 2.17. The molecule has 0 saturated carbocycles. The van der Waals surface area contributed by atoms with Crippen molar-refractivity contribution in [2.75, 3.05) is 6.54 Å². The van der Waals surface area contributed by atoms with Gasteiger partial charge in [0.2, 0.25) is 10.0 Å². The largest absolute Gasteiger partial charge is 0.391 e. The van der Waals surface area contributed by atoms with Gasteiger partial charge in [-0.05, 0) is 12.0 Å². The van der Waals surface area contributed by atoms with E-state index in [0.717, 1.165) is 5.56 Å². The van der Waals surface area contributed by atoms with Crippen molar-refractivity contribution in [3.8, 4) is 0 Å². The van der Waals surface area contributed by atoms with Gasteiger partial charge in [-0.2, -0.15) is 5.10 Å². The van der Waals surface area contributed by atoms with Crippen molar-refractivity contribution in [2.45, 2.75) is 17.4 Å². The minimum absolute atomic E-state index is 0.0356. The third kappa shape index (κ3) is 3.89. The molecule has 1 aromatic heterocycles. The van der Waals surface area contributed by atoms with Crippen LogP contribution in [0.3, 0.4) is 0 Å². The predicted molar refractivity (Wildman–Crippen MR) is 74.5 cm³/mol. The van der Waals surface area contributed by atoms with Crippen LogP contribution in [0.25, 0.3) is 0 Å². The second-order valence-corrected chi connectivity index (χ2v) is 6.31. The smallest absolute Gasteiger partial charge is 0.243 e. The van der Waals surface area contributed by atoms with Gasteiger partial charge in [0.25, 0.3) is 0 Å². The summed E-state index contributed by atoms with van der Waals surface area (Å²) in [4.78, 5) is 0.0897. The molecule has 1 aromatic carbocycles. The lowest BCUT2D eigenvalue weighted by atomic mass is 10.1. The Morgan fingerprint density at radius 3 is 2.65 bits per heavy atom.